The average Bonchev–Trinajstić information content (AvgIpc) is 3.04. The van der Waals surface area contributed by atoms with Crippen molar-refractivity contribution in [3.8, 4) is 0 Å². The topological polar surface area (TPSA) is 113 Å². The molecule has 2 rings (SSSR count). The van der Waals surface area contributed by atoms with Crippen LogP contribution in [-0.4, -0.2) is 93.0 Å². The van der Waals surface area contributed by atoms with E-state index >= 15 is 0 Å². The Morgan fingerprint density at radius 2 is 2.08 bits per heavy atom. The summed E-state index contributed by atoms with van der Waals surface area (Å²) in [4.78, 5) is 24.9. The Labute approximate surface area is 147 Å². The molecule has 25 heavy (non-hydrogen) atoms. The maximum Gasteiger partial charge on any atom is 0.318 e. The minimum absolute atomic E-state index is 0.0179. The minimum atomic E-state index is -3.66. The van der Waals surface area contributed by atoms with Gasteiger partial charge in [0.2, 0.25) is 15.9 Å². The summed E-state index contributed by atoms with van der Waals surface area (Å²) >= 11 is 0. The number of amides is 1. The van der Waals surface area contributed by atoms with E-state index in [2.05, 4.69) is 0 Å². The fourth-order valence-corrected chi connectivity index (χ4v) is 3.83. The molecule has 0 radical (unpaired) electrons. The van der Waals surface area contributed by atoms with Gasteiger partial charge in [0.1, 0.15) is 6.54 Å². The zero-order valence-corrected chi connectivity index (χ0v) is 15.2. The van der Waals surface area contributed by atoms with Gasteiger partial charge in [0.15, 0.2) is 0 Å². The number of nitrogens with zero attached hydrogens (tertiary/aromatic N) is 2. The first-order valence-corrected chi connectivity index (χ1v) is 10.2. The molecule has 2 saturated heterocycles. The second kappa shape index (κ2) is 8.93. The van der Waals surface area contributed by atoms with Crippen molar-refractivity contribution < 1.29 is 32.6 Å². The van der Waals surface area contributed by atoms with Crippen LogP contribution in [0.5, 0.6) is 0 Å². The van der Waals surface area contributed by atoms with Gasteiger partial charge in [-0.05, 0) is 18.8 Å². The molecule has 1 amide bonds. The number of sulfonamides is 1. The number of rotatable bonds is 8. The van der Waals surface area contributed by atoms with Gasteiger partial charge in [-0.2, -0.15) is 4.31 Å². The largest absolute Gasteiger partial charge is 0.480 e. The molecule has 0 aromatic carbocycles. The fourth-order valence-electron chi connectivity index (χ4n) is 3.05. The highest BCUT2D eigenvalue weighted by Gasteiger charge is 2.30. The number of ether oxygens (including phenoxy) is 2. The first kappa shape index (κ1) is 20.1. The predicted molar refractivity (Wildman–Crippen MR) is 88.5 cm³/mol. The molecule has 2 aliphatic rings. The van der Waals surface area contributed by atoms with E-state index in [1.807, 2.05) is 0 Å². The quantitative estimate of drug-likeness (QED) is 0.598. The molecular formula is C15H26N2O7S. The van der Waals surface area contributed by atoms with Crippen molar-refractivity contribution in [1.82, 2.24) is 9.21 Å². The average molecular weight is 378 g/mol. The Morgan fingerprint density at radius 1 is 1.32 bits per heavy atom. The Bertz CT molecular complexity index is 574. The monoisotopic (exact) mass is 378 g/mol. The number of carbonyl (C=O) groups excluding carboxylic acids is 1. The van der Waals surface area contributed by atoms with E-state index in [-0.39, 0.29) is 19.0 Å². The van der Waals surface area contributed by atoms with Crippen LogP contribution in [0.1, 0.15) is 19.3 Å². The van der Waals surface area contributed by atoms with Crippen molar-refractivity contribution in [2.45, 2.75) is 25.4 Å². The number of hydrogen-bond acceptors (Lipinski definition) is 6. The van der Waals surface area contributed by atoms with Crippen LogP contribution in [0.4, 0.5) is 0 Å². The molecule has 1 N–H and O–H groups in total. The normalized spacial score (nSPS) is 24.6. The van der Waals surface area contributed by atoms with Crippen LogP contribution in [0.15, 0.2) is 0 Å². The zero-order chi connectivity index (χ0) is 18.4. The molecule has 0 saturated carbocycles. The summed E-state index contributed by atoms with van der Waals surface area (Å²) in [5.74, 6) is -0.783. The van der Waals surface area contributed by atoms with Gasteiger partial charge >= 0.3 is 5.97 Å². The first-order chi connectivity index (χ1) is 11.8. The van der Waals surface area contributed by atoms with E-state index in [4.69, 9.17) is 14.6 Å². The van der Waals surface area contributed by atoms with E-state index in [0.29, 0.717) is 32.1 Å². The van der Waals surface area contributed by atoms with E-state index in [0.717, 1.165) is 30.0 Å². The highest BCUT2D eigenvalue weighted by Crippen LogP contribution is 2.19. The number of aliphatic carboxylic acids is 1. The van der Waals surface area contributed by atoms with Gasteiger partial charge in [-0.3, -0.25) is 9.59 Å². The number of morpholine rings is 1. The van der Waals surface area contributed by atoms with E-state index in [1.54, 1.807) is 4.90 Å². The molecule has 9 nitrogen and oxygen atoms in total. The molecule has 2 aliphatic heterocycles. The second-order valence-electron chi connectivity index (χ2n) is 6.55. The van der Waals surface area contributed by atoms with Crippen LogP contribution in [0, 0.1) is 5.92 Å². The molecule has 0 aliphatic carbocycles. The second-order valence-corrected chi connectivity index (χ2v) is 8.53. The minimum Gasteiger partial charge on any atom is -0.480 e. The van der Waals surface area contributed by atoms with Gasteiger partial charge in [0, 0.05) is 39.3 Å². The maximum absolute atomic E-state index is 12.4. The standard InChI is InChI=1S/C15H26N2O7S/c1-25(21,22)17(10-15(19)20)9-13-8-16(5-7-24-13)14(18)3-2-12-4-6-23-11-12/h12-13H,2-11H2,1H3,(H,19,20). The Balaban J connectivity index is 1.85. The van der Waals surface area contributed by atoms with E-state index in [9.17, 15) is 18.0 Å². The summed E-state index contributed by atoms with van der Waals surface area (Å²) < 4.78 is 35.1. The Hall–Kier alpha value is -1.23. The summed E-state index contributed by atoms with van der Waals surface area (Å²) in [6.45, 7) is 1.81. The lowest BCUT2D eigenvalue weighted by Gasteiger charge is -2.35. The lowest BCUT2D eigenvalue weighted by atomic mass is 10.0. The highest BCUT2D eigenvalue weighted by molar-refractivity contribution is 7.88. The van der Waals surface area contributed by atoms with Gasteiger partial charge in [0.05, 0.1) is 19.0 Å². The van der Waals surface area contributed by atoms with Crippen molar-refractivity contribution in [2.75, 3.05) is 52.3 Å². The lowest BCUT2D eigenvalue weighted by molar-refractivity contribution is -0.141. The molecular weight excluding hydrogens is 352 g/mol. The molecule has 2 unspecified atom stereocenters. The van der Waals surface area contributed by atoms with Gasteiger partial charge in [-0.15, -0.1) is 0 Å². The summed E-state index contributed by atoms with van der Waals surface area (Å²) in [6.07, 6.45) is 2.64. The van der Waals surface area contributed by atoms with Crippen LogP contribution in [0.2, 0.25) is 0 Å². The summed E-state index contributed by atoms with van der Waals surface area (Å²) in [5, 5.41) is 8.87. The van der Waals surface area contributed by atoms with Crippen molar-refractivity contribution in [1.29, 1.82) is 0 Å². The fraction of sp³-hybridized carbons (Fsp3) is 0.867. The van der Waals surface area contributed by atoms with Crippen molar-refractivity contribution in [3.05, 3.63) is 0 Å². The number of hydrogen-bond donors (Lipinski definition) is 1. The molecule has 2 fully saturated rings. The Morgan fingerprint density at radius 3 is 2.68 bits per heavy atom. The van der Waals surface area contributed by atoms with Crippen molar-refractivity contribution in [3.63, 3.8) is 0 Å². The van der Waals surface area contributed by atoms with Gasteiger partial charge in [-0.1, -0.05) is 0 Å². The molecule has 10 heteroatoms. The lowest BCUT2D eigenvalue weighted by Crippen LogP contribution is -2.51. The van der Waals surface area contributed by atoms with Crippen molar-refractivity contribution >= 4 is 21.9 Å². The summed E-state index contributed by atoms with van der Waals surface area (Å²) in [5.41, 5.74) is 0. The van der Waals surface area contributed by atoms with Gasteiger partial charge in [-0.25, -0.2) is 8.42 Å². The van der Waals surface area contributed by atoms with Crippen LogP contribution < -0.4 is 0 Å². The summed E-state index contributed by atoms with van der Waals surface area (Å²) in [6, 6.07) is 0. The molecule has 0 aromatic rings. The highest BCUT2D eigenvalue weighted by atomic mass is 32.2. The number of carboxylic acid groups (broad SMARTS) is 1. The predicted octanol–water partition coefficient (Wildman–Crippen LogP) is -0.623. The van der Waals surface area contributed by atoms with E-state index in [1.165, 1.54) is 0 Å². The molecule has 2 atom stereocenters. The summed E-state index contributed by atoms with van der Waals surface area (Å²) in [7, 11) is -3.66. The van der Waals surface area contributed by atoms with Crippen LogP contribution in [0.25, 0.3) is 0 Å². The Kier molecular flexibility index (Phi) is 7.17. The third-order valence-corrected chi connectivity index (χ3v) is 5.69. The van der Waals surface area contributed by atoms with Gasteiger partial charge < -0.3 is 19.5 Å². The number of carboxylic acids is 1. The van der Waals surface area contributed by atoms with Crippen molar-refractivity contribution in [2.24, 2.45) is 5.92 Å². The third-order valence-electron chi connectivity index (χ3n) is 4.47. The van der Waals surface area contributed by atoms with Crippen LogP contribution >= 0.6 is 0 Å². The van der Waals surface area contributed by atoms with Gasteiger partial charge in [0.25, 0.3) is 0 Å². The SMILES string of the molecule is CS(=O)(=O)N(CC(=O)O)CC1CN(C(=O)CCC2CCOC2)CCO1. The maximum atomic E-state index is 12.4. The molecule has 0 aromatic heterocycles. The molecule has 2 heterocycles. The molecule has 0 bridgehead atoms. The van der Waals surface area contributed by atoms with E-state index < -0.39 is 28.6 Å². The smallest absolute Gasteiger partial charge is 0.318 e. The van der Waals surface area contributed by atoms with Crippen LogP contribution in [0.3, 0.4) is 0 Å². The molecule has 144 valence electrons. The molecule has 0 spiro atoms. The zero-order valence-electron chi connectivity index (χ0n) is 14.4. The van der Waals surface area contributed by atoms with Crippen LogP contribution in [-0.2, 0) is 29.1 Å². The first-order valence-electron chi connectivity index (χ1n) is 8.39. The number of carbonyl (C=O) groups is 2. The third kappa shape index (κ3) is 6.53.